The van der Waals surface area contributed by atoms with Crippen LogP contribution in [0.5, 0.6) is 0 Å². The van der Waals surface area contributed by atoms with Crippen LogP contribution >= 0.6 is 22.8 Å². The van der Waals surface area contributed by atoms with Crippen molar-refractivity contribution in [1.82, 2.24) is 0 Å². The molecule has 0 unspecified atom stereocenters. The van der Waals surface area contributed by atoms with Gasteiger partial charge in [0.2, 0.25) is 0 Å². The van der Waals surface area contributed by atoms with Gasteiger partial charge in [-0.15, -0.1) is 0 Å². The molecule has 0 aliphatic carbocycles. The molecular weight excluding hydrogens is 1400 g/mol. The number of unbranched alkanes of at least 4 members (excludes halogenated alkanes) is 16. The maximum absolute atomic E-state index is 6.03. The van der Waals surface area contributed by atoms with E-state index < -0.39 is 22.8 Å². The molecule has 0 aromatic carbocycles. The van der Waals surface area contributed by atoms with Gasteiger partial charge in [0.1, 0.15) is 0 Å². The van der Waals surface area contributed by atoms with Crippen molar-refractivity contribution >= 4 is 143 Å². The minimum absolute atomic E-state index is 0. The molecule has 0 spiro atoms. The van der Waals surface area contributed by atoms with Crippen LogP contribution in [-0.4, -0.2) is 68.7 Å². The van der Waals surface area contributed by atoms with Crippen LogP contribution in [-0.2, 0) is 132 Å². The molecule has 512 valence electrons. The standard InChI is InChI=1S/4C16H35O2PS2.Sn/c4*1-7-9-11-13-15(3,4)17-19(20,21)18-16(5,6)14-12-10-8-2;/h4*7-14H2,1-6H3,(H,20,21);/q;;;;+4/p-4. The molecule has 0 N–H and O–H groups in total. The average Bonchev–Trinajstić information content (AvgIpc) is 3.27. The topological polar surface area (TPSA) is 73.8 Å². The van der Waals surface area contributed by atoms with Gasteiger partial charge in [-0.1, -0.05) is 257 Å². The first-order valence-electron chi connectivity index (χ1n) is 33.0. The van der Waals surface area contributed by atoms with Crippen molar-refractivity contribution < 1.29 is 36.2 Å². The Morgan fingerprint density at radius 2 is 0.294 bits per heavy atom. The van der Waals surface area contributed by atoms with Crippen LogP contribution in [0.3, 0.4) is 0 Å². The molecular formula is C64H136O8P4S8Sn. The van der Waals surface area contributed by atoms with E-state index in [1.54, 1.807) is 0 Å². The molecule has 0 aromatic heterocycles. The monoisotopic (exact) mass is 1530 g/mol. The van der Waals surface area contributed by atoms with Crippen LogP contribution in [0, 0.1) is 0 Å². The third-order valence-electron chi connectivity index (χ3n) is 13.9. The summed E-state index contributed by atoms with van der Waals surface area (Å²) in [5.41, 5.74) is -12.8. The van der Waals surface area contributed by atoms with Crippen LogP contribution in [0.1, 0.15) is 372 Å². The van der Waals surface area contributed by atoms with E-state index in [0.717, 1.165) is 103 Å². The maximum Gasteiger partial charge on any atom is 4.00 e. The number of rotatable bonds is 48. The molecule has 0 saturated carbocycles. The molecule has 0 rings (SSSR count). The van der Waals surface area contributed by atoms with Crippen molar-refractivity contribution in [3.05, 3.63) is 0 Å². The average molecular weight is 1530 g/mol. The first-order chi connectivity index (χ1) is 38.1. The van der Waals surface area contributed by atoms with Gasteiger partial charge in [0.05, 0.1) is 67.6 Å². The zero-order valence-corrected chi connectivity index (χ0v) is 72.4. The largest absolute Gasteiger partial charge is 4.00 e. The maximum atomic E-state index is 6.03. The molecule has 0 heterocycles. The fraction of sp³-hybridized carbons (Fsp3) is 1.00. The van der Waals surface area contributed by atoms with Gasteiger partial charge in [0.15, 0.2) is 0 Å². The van der Waals surface area contributed by atoms with Gasteiger partial charge in [0, 0.05) is 0 Å². The molecule has 0 aromatic rings. The molecule has 0 aliphatic heterocycles. The van der Waals surface area contributed by atoms with Crippen molar-refractivity contribution in [1.29, 1.82) is 0 Å². The zero-order chi connectivity index (χ0) is 66.3. The van der Waals surface area contributed by atoms with Gasteiger partial charge >= 0.3 is 23.9 Å². The van der Waals surface area contributed by atoms with Crippen LogP contribution in [0.4, 0.5) is 0 Å². The van der Waals surface area contributed by atoms with Crippen molar-refractivity contribution in [3.63, 3.8) is 0 Å². The second-order valence-corrected chi connectivity index (χ2v) is 47.6. The van der Waals surface area contributed by atoms with Gasteiger partial charge in [-0.05, 0) is 162 Å². The molecule has 0 saturated heterocycles. The predicted molar refractivity (Wildman–Crippen MR) is 407 cm³/mol. The van der Waals surface area contributed by atoms with E-state index >= 15 is 0 Å². The summed E-state index contributed by atoms with van der Waals surface area (Å²) in [7, 11) is 0. The first-order valence-corrected chi connectivity index (χ1v) is 47.6. The Kier molecular flexibility index (Phi) is 57.6. The van der Waals surface area contributed by atoms with E-state index in [9.17, 15) is 0 Å². The van der Waals surface area contributed by atoms with Crippen molar-refractivity contribution in [2.75, 3.05) is 0 Å². The van der Waals surface area contributed by atoms with Crippen LogP contribution < -0.4 is 0 Å². The Morgan fingerprint density at radius 1 is 0.212 bits per heavy atom. The van der Waals surface area contributed by atoms with E-state index in [1.807, 2.05) is 0 Å². The van der Waals surface area contributed by atoms with E-state index in [4.69, 9.17) is 132 Å². The summed E-state index contributed by atoms with van der Waals surface area (Å²) in [5, 5.41) is 0. The number of hydrogen-bond donors (Lipinski definition) is 0. The molecule has 0 bridgehead atoms. The van der Waals surface area contributed by atoms with Crippen molar-refractivity contribution in [3.8, 4) is 0 Å². The smallest absolute Gasteiger partial charge is 0.691 e. The van der Waals surface area contributed by atoms with Crippen molar-refractivity contribution in [2.45, 2.75) is 416 Å². The fourth-order valence-electron chi connectivity index (χ4n) is 9.27. The summed E-state index contributed by atoms with van der Waals surface area (Å²) in [4.78, 5) is 0. The summed E-state index contributed by atoms with van der Waals surface area (Å²) in [6.45, 7) is 50.8. The van der Waals surface area contributed by atoms with Gasteiger partial charge in [-0.2, -0.15) is 0 Å². The van der Waals surface area contributed by atoms with Crippen LogP contribution in [0.2, 0.25) is 0 Å². The number of hydrogen-bond acceptors (Lipinski definition) is 16. The minimum Gasteiger partial charge on any atom is -0.691 e. The Labute approximate surface area is 590 Å². The SMILES string of the molecule is CCCCCC(C)(C)OP(=S)([S-])OC(C)(C)CCCCC.CCCCCC(C)(C)OP(=S)([S-])OC(C)(C)CCCCC.CCCCCC(C)(C)OP(=S)([S-])OC(C)(C)CCCCC.CCCCCC(C)(C)OP(=S)([S-])OC(C)(C)CCCCC.[Sn+4]. The summed E-state index contributed by atoms with van der Waals surface area (Å²) in [6, 6.07) is 0. The second kappa shape index (κ2) is 49.9. The first kappa shape index (κ1) is 98.2. The van der Waals surface area contributed by atoms with E-state index in [2.05, 4.69) is 166 Å². The van der Waals surface area contributed by atoms with Crippen LogP contribution in [0.25, 0.3) is 0 Å². The zero-order valence-electron chi connectivity index (χ0n) is 59.4. The summed E-state index contributed by atoms with van der Waals surface area (Å²) < 4.78 is 48.3. The Bertz CT molecular complexity index is 1470. The second-order valence-electron chi connectivity index (χ2n) is 28.3. The molecule has 0 fully saturated rings. The fourth-order valence-corrected chi connectivity index (χ4v) is 24.7. The molecule has 21 heteroatoms. The van der Waals surface area contributed by atoms with E-state index in [-0.39, 0.29) is 68.7 Å². The molecule has 8 nitrogen and oxygen atoms in total. The Morgan fingerprint density at radius 3 is 0.365 bits per heavy atom. The summed E-state index contributed by atoms with van der Waals surface area (Å²) in [6.07, 6.45) is 36.4. The molecule has 0 atom stereocenters. The summed E-state index contributed by atoms with van der Waals surface area (Å²) in [5.74, 6) is 0. The molecule has 0 aliphatic rings. The third-order valence-corrected chi connectivity index (χ3v) is 23.3. The minimum atomic E-state index is -2.62. The molecule has 0 amide bonds. The van der Waals surface area contributed by atoms with Gasteiger partial charge in [-0.25, -0.2) is 0 Å². The quantitative estimate of drug-likeness (QED) is 0.0251. The van der Waals surface area contributed by atoms with Crippen molar-refractivity contribution in [2.24, 2.45) is 0 Å². The van der Waals surface area contributed by atoms with E-state index in [0.29, 0.717) is 0 Å². The molecule has 0 radical (unpaired) electrons. The normalized spacial score (nSPS) is 13.5. The third kappa shape index (κ3) is 65.5. The Balaban J connectivity index is -0.000000333. The van der Waals surface area contributed by atoms with E-state index in [1.165, 1.54) is 103 Å². The van der Waals surface area contributed by atoms with Gasteiger partial charge in [-0.3, -0.25) is 0 Å². The molecule has 85 heavy (non-hydrogen) atoms. The Hall–Kier alpha value is 4.48. The predicted octanol–water partition coefficient (Wildman–Crippen LogP) is 25.7. The van der Waals surface area contributed by atoms with Crippen LogP contribution in [0.15, 0.2) is 0 Å². The van der Waals surface area contributed by atoms with Gasteiger partial charge < -0.3 is 85.2 Å². The summed E-state index contributed by atoms with van der Waals surface area (Å²) >= 11 is 43.8. The van der Waals surface area contributed by atoms with Gasteiger partial charge in [0.25, 0.3) is 0 Å².